The largest absolute Gasteiger partial charge is 0.383 e. The van der Waals surface area contributed by atoms with Crippen LogP contribution in [-0.4, -0.2) is 35.7 Å². The van der Waals surface area contributed by atoms with E-state index in [1.54, 1.807) is 13.1 Å². The van der Waals surface area contributed by atoms with Crippen molar-refractivity contribution in [2.24, 2.45) is 0 Å². The minimum atomic E-state index is -3.82. The van der Waals surface area contributed by atoms with Crippen LogP contribution in [0.2, 0.25) is 0 Å². The van der Waals surface area contributed by atoms with E-state index in [0.717, 1.165) is 0 Å². The van der Waals surface area contributed by atoms with Gasteiger partial charge in [0.1, 0.15) is 10.7 Å². The zero-order valence-electron chi connectivity index (χ0n) is 10.4. The molecule has 18 heavy (non-hydrogen) atoms. The lowest BCUT2D eigenvalue weighted by Gasteiger charge is -2.08. The van der Waals surface area contributed by atoms with E-state index in [0.29, 0.717) is 12.1 Å². The Morgan fingerprint density at radius 1 is 1.39 bits per heavy atom. The average molecular weight is 276 g/mol. The molecule has 0 saturated heterocycles. The Hall–Kier alpha value is -1.02. The monoisotopic (exact) mass is 276 g/mol. The molecular formula is C11H17FN2O3S. The predicted octanol–water partition coefficient (Wildman–Crippen LogP) is 0.470. The van der Waals surface area contributed by atoms with Crippen LogP contribution < -0.4 is 10.0 Å². The van der Waals surface area contributed by atoms with Crippen LogP contribution in [0.15, 0.2) is 23.1 Å². The van der Waals surface area contributed by atoms with Gasteiger partial charge in [0.2, 0.25) is 10.0 Å². The highest BCUT2D eigenvalue weighted by Crippen LogP contribution is 2.15. The molecule has 0 aromatic heterocycles. The second-order valence-electron chi connectivity index (χ2n) is 3.69. The van der Waals surface area contributed by atoms with Crippen LogP contribution in [0, 0.1) is 5.82 Å². The Morgan fingerprint density at radius 3 is 2.67 bits per heavy atom. The van der Waals surface area contributed by atoms with Gasteiger partial charge in [-0.3, -0.25) is 0 Å². The smallest absolute Gasteiger partial charge is 0.243 e. The first-order valence-corrected chi connectivity index (χ1v) is 6.91. The lowest BCUT2D eigenvalue weighted by atomic mass is 10.2. The molecular weight excluding hydrogens is 259 g/mol. The van der Waals surface area contributed by atoms with E-state index in [4.69, 9.17) is 4.74 Å². The van der Waals surface area contributed by atoms with Crippen LogP contribution >= 0.6 is 0 Å². The molecule has 0 aliphatic heterocycles. The van der Waals surface area contributed by atoms with E-state index in [2.05, 4.69) is 10.0 Å². The maximum Gasteiger partial charge on any atom is 0.243 e. The van der Waals surface area contributed by atoms with Crippen molar-refractivity contribution in [3.05, 3.63) is 29.6 Å². The maximum absolute atomic E-state index is 13.7. The number of hydrogen-bond donors (Lipinski definition) is 2. The van der Waals surface area contributed by atoms with E-state index in [-0.39, 0.29) is 18.0 Å². The van der Waals surface area contributed by atoms with Crippen molar-refractivity contribution in [1.29, 1.82) is 0 Å². The standard InChI is InChI=1S/C11H17FN2O3S/c1-13-8-9-3-4-11(10(12)7-9)18(15,16)14-5-6-17-2/h3-4,7,13-14H,5-6,8H2,1-2H3. The summed E-state index contributed by atoms with van der Waals surface area (Å²) in [4.78, 5) is -0.349. The van der Waals surface area contributed by atoms with Crippen LogP contribution in [0.1, 0.15) is 5.56 Å². The molecule has 0 aliphatic rings. The van der Waals surface area contributed by atoms with E-state index in [9.17, 15) is 12.8 Å². The molecule has 0 radical (unpaired) electrons. The highest BCUT2D eigenvalue weighted by atomic mass is 32.2. The van der Waals surface area contributed by atoms with Crippen molar-refractivity contribution in [3.8, 4) is 0 Å². The van der Waals surface area contributed by atoms with Crippen molar-refractivity contribution >= 4 is 10.0 Å². The van der Waals surface area contributed by atoms with Crippen LogP contribution in [0.25, 0.3) is 0 Å². The SMILES string of the molecule is CNCc1ccc(S(=O)(=O)NCCOC)c(F)c1. The van der Waals surface area contributed by atoms with Crippen molar-refractivity contribution < 1.29 is 17.5 Å². The van der Waals surface area contributed by atoms with Crippen molar-refractivity contribution in [1.82, 2.24) is 10.0 Å². The first-order chi connectivity index (χ1) is 8.51. The summed E-state index contributed by atoms with van der Waals surface area (Å²) in [7, 11) is -0.630. The Labute approximate surface area is 106 Å². The van der Waals surface area contributed by atoms with Gasteiger partial charge >= 0.3 is 0 Å². The first kappa shape index (κ1) is 15.0. The fraction of sp³-hybridized carbons (Fsp3) is 0.455. The van der Waals surface area contributed by atoms with Crippen LogP contribution in [0.5, 0.6) is 0 Å². The van der Waals surface area contributed by atoms with Gasteiger partial charge in [0, 0.05) is 20.2 Å². The second kappa shape index (κ2) is 6.79. The summed E-state index contributed by atoms with van der Waals surface area (Å²) in [6.07, 6.45) is 0. The summed E-state index contributed by atoms with van der Waals surface area (Å²) in [5, 5.41) is 2.86. The Balaban J connectivity index is 2.88. The van der Waals surface area contributed by atoms with Gasteiger partial charge in [0.25, 0.3) is 0 Å². The maximum atomic E-state index is 13.7. The molecule has 2 N–H and O–H groups in total. The zero-order valence-corrected chi connectivity index (χ0v) is 11.2. The van der Waals surface area contributed by atoms with Crippen LogP contribution in [-0.2, 0) is 21.3 Å². The number of nitrogens with one attached hydrogen (secondary N) is 2. The van der Waals surface area contributed by atoms with Gasteiger partial charge in [0.05, 0.1) is 6.61 Å². The molecule has 0 heterocycles. The third-order valence-electron chi connectivity index (χ3n) is 2.26. The number of hydrogen-bond acceptors (Lipinski definition) is 4. The molecule has 5 nitrogen and oxygen atoms in total. The molecule has 0 fully saturated rings. The van der Waals surface area contributed by atoms with Gasteiger partial charge in [-0.1, -0.05) is 6.07 Å². The molecule has 1 aromatic carbocycles. The summed E-state index contributed by atoms with van der Waals surface area (Å²) in [5.74, 6) is -0.757. The molecule has 0 unspecified atom stereocenters. The molecule has 0 atom stereocenters. The first-order valence-electron chi connectivity index (χ1n) is 5.43. The normalized spacial score (nSPS) is 11.7. The van der Waals surface area contributed by atoms with Gasteiger partial charge in [-0.05, 0) is 24.7 Å². The summed E-state index contributed by atoms with van der Waals surface area (Å²) >= 11 is 0. The molecule has 1 rings (SSSR count). The second-order valence-corrected chi connectivity index (χ2v) is 5.42. The lowest BCUT2D eigenvalue weighted by Crippen LogP contribution is -2.28. The lowest BCUT2D eigenvalue weighted by molar-refractivity contribution is 0.204. The molecule has 0 bridgehead atoms. The Bertz CT molecular complexity index is 491. The minimum Gasteiger partial charge on any atom is -0.383 e. The molecule has 0 saturated carbocycles. The summed E-state index contributed by atoms with van der Waals surface area (Å²) in [6, 6.07) is 4.04. The predicted molar refractivity (Wildman–Crippen MR) is 66.2 cm³/mol. The third-order valence-corrected chi connectivity index (χ3v) is 3.76. The molecule has 0 spiro atoms. The summed E-state index contributed by atoms with van der Waals surface area (Å²) < 4.78 is 44.2. The number of benzene rings is 1. The number of halogens is 1. The molecule has 0 aliphatic carbocycles. The van der Waals surface area contributed by atoms with Gasteiger partial charge in [-0.15, -0.1) is 0 Å². The van der Waals surface area contributed by atoms with Gasteiger partial charge in [-0.25, -0.2) is 17.5 Å². The quantitative estimate of drug-likeness (QED) is 0.710. The van der Waals surface area contributed by atoms with E-state index < -0.39 is 15.8 Å². The van der Waals surface area contributed by atoms with Crippen molar-refractivity contribution in [2.45, 2.75) is 11.4 Å². The molecule has 0 amide bonds. The van der Waals surface area contributed by atoms with Crippen molar-refractivity contribution in [2.75, 3.05) is 27.3 Å². The highest BCUT2D eigenvalue weighted by Gasteiger charge is 2.18. The van der Waals surface area contributed by atoms with Crippen molar-refractivity contribution in [3.63, 3.8) is 0 Å². The average Bonchev–Trinajstić information content (AvgIpc) is 2.29. The van der Waals surface area contributed by atoms with Crippen LogP contribution in [0.4, 0.5) is 4.39 Å². The van der Waals surface area contributed by atoms with Gasteiger partial charge < -0.3 is 10.1 Å². The fourth-order valence-electron chi connectivity index (χ4n) is 1.43. The Morgan fingerprint density at radius 2 is 2.11 bits per heavy atom. The number of methoxy groups -OCH3 is 1. The molecule has 1 aromatic rings. The zero-order chi connectivity index (χ0) is 13.6. The number of ether oxygens (including phenoxy) is 1. The number of rotatable bonds is 7. The summed E-state index contributed by atoms with van der Waals surface area (Å²) in [6.45, 7) is 0.823. The Kier molecular flexibility index (Phi) is 5.67. The molecule has 102 valence electrons. The third kappa shape index (κ3) is 4.02. The molecule has 7 heteroatoms. The minimum absolute atomic E-state index is 0.108. The topological polar surface area (TPSA) is 67.4 Å². The summed E-state index contributed by atoms with van der Waals surface area (Å²) in [5.41, 5.74) is 0.686. The van der Waals surface area contributed by atoms with Gasteiger partial charge in [0.15, 0.2) is 0 Å². The van der Waals surface area contributed by atoms with E-state index in [1.165, 1.54) is 19.2 Å². The van der Waals surface area contributed by atoms with E-state index >= 15 is 0 Å². The van der Waals surface area contributed by atoms with E-state index in [1.807, 2.05) is 0 Å². The van der Waals surface area contributed by atoms with Crippen LogP contribution in [0.3, 0.4) is 0 Å². The fourth-order valence-corrected chi connectivity index (χ4v) is 2.50. The number of sulfonamides is 1. The van der Waals surface area contributed by atoms with Gasteiger partial charge in [-0.2, -0.15) is 0 Å². The highest BCUT2D eigenvalue weighted by molar-refractivity contribution is 7.89.